The minimum Gasteiger partial charge on any atom is -0.206 e. The molecule has 0 unspecified atom stereocenters. The van der Waals surface area contributed by atoms with Gasteiger partial charge in [-0.15, -0.1) is 6.58 Å². The summed E-state index contributed by atoms with van der Waals surface area (Å²) in [5.41, 5.74) is 2.25. The van der Waals surface area contributed by atoms with Crippen molar-refractivity contribution in [3.05, 3.63) is 130 Å². The van der Waals surface area contributed by atoms with Crippen molar-refractivity contribution < 1.29 is 17.6 Å². The van der Waals surface area contributed by atoms with Crippen LogP contribution in [0.25, 0.3) is 10.8 Å². The van der Waals surface area contributed by atoms with Crippen LogP contribution in [0.1, 0.15) is 34.2 Å². The van der Waals surface area contributed by atoms with Crippen LogP contribution < -0.4 is 0 Å². The van der Waals surface area contributed by atoms with E-state index in [4.69, 9.17) is 0 Å². The number of aryl methyl sites for hydroxylation is 1. The summed E-state index contributed by atoms with van der Waals surface area (Å²) in [5.74, 6) is 8.17. The average molecular weight is 454 g/mol. The van der Waals surface area contributed by atoms with Crippen molar-refractivity contribution in [3.63, 3.8) is 0 Å². The zero-order valence-electron chi connectivity index (χ0n) is 18.1. The van der Waals surface area contributed by atoms with Gasteiger partial charge in [0.15, 0.2) is 11.6 Å². The molecular formula is C30H18F4. The third-order valence-corrected chi connectivity index (χ3v) is 5.19. The highest BCUT2D eigenvalue weighted by Gasteiger charge is 2.09. The van der Waals surface area contributed by atoms with E-state index < -0.39 is 23.3 Å². The molecule has 0 bridgehead atoms. The molecule has 166 valence electrons. The minimum atomic E-state index is -0.905. The van der Waals surface area contributed by atoms with E-state index in [1.54, 1.807) is 48.5 Å². The van der Waals surface area contributed by atoms with Gasteiger partial charge in [0.2, 0.25) is 0 Å². The van der Waals surface area contributed by atoms with Gasteiger partial charge in [-0.05, 0) is 89.8 Å². The first-order chi connectivity index (χ1) is 16.4. The second-order valence-corrected chi connectivity index (χ2v) is 7.67. The molecule has 34 heavy (non-hydrogen) atoms. The van der Waals surface area contributed by atoms with E-state index in [1.165, 1.54) is 12.1 Å². The Morgan fingerprint density at radius 2 is 1.12 bits per heavy atom. The monoisotopic (exact) mass is 454 g/mol. The average Bonchev–Trinajstić information content (AvgIpc) is 2.82. The molecule has 0 aliphatic carbocycles. The fourth-order valence-corrected chi connectivity index (χ4v) is 3.39. The molecule has 0 aliphatic rings. The first kappa shape index (κ1) is 22.9. The maximum Gasteiger partial charge on any atom is 0.159 e. The predicted octanol–water partition coefficient (Wildman–Crippen LogP) is 7.31. The Balaban J connectivity index is 1.51. The van der Waals surface area contributed by atoms with E-state index in [0.29, 0.717) is 45.9 Å². The highest BCUT2D eigenvalue weighted by Crippen LogP contribution is 2.20. The van der Waals surface area contributed by atoms with Crippen LogP contribution in [0.2, 0.25) is 0 Å². The van der Waals surface area contributed by atoms with Gasteiger partial charge in [-0.2, -0.15) is 0 Å². The molecule has 0 atom stereocenters. The van der Waals surface area contributed by atoms with Gasteiger partial charge in [-0.3, -0.25) is 0 Å². The molecule has 0 saturated heterocycles. The lowest BCUT2D eigenvalue weighted by molar-refractivity contribution is 0.511. The molecule has 0 fully saturated rings. The quantitative estimate of drug-likeness (QED) is 0.173. The smallest absolute Gasteiger partial charge is 0.159 e. The van der Waals surface area contributed by atoms with Gasteiger partial charge in [0.1, 0.15) is 11.6 Å². The number of allylic oxidation sites excluding steroid dienone is 1. The van der Waals surface area contributed by atoms with E-state index in [2.05, 4.69) is 30.3 Å². The molecule has 0 saturated carbocycles. The number of halogens is 4. The Morgan fingerprint density at radius 1 is 0.588 bits per heavy atom. The van der Waals surface area contributed by atoms with Crippen molar-refractivity contribution in [2.75, 3.05) is 0 Å². The fourth-order valence-electron chi connectivity index (χ4n) is 3.39. The lowest BCUT2D eigenvalue weighted by Gasteiger charge is -2.03. The summed E-state index contributed by atoms with van der Waals surface area (Å²) < 4.78 is 55.4. The van der Waals surface area contributed by atoms with E-state index in [-0.39, 0.29) is 5.56 Å². The van der Waals surface area contributed by atoms with Crippen LogP contribution in [0.3, 0.4) is 0 Å². The minimum absolute atomic E-state index is 0.265. The number of hydrogen-bond donors (Lipinski definition) is 0. The standard InChI is InChI=1S/C30H18F4/c1-2-3-4-23-16-27(31)26(28(32)17-23)14-12-21-7-5-20(6-8-21)9-10-22-11-13-24-18-29(33)30(34)19-25(24)15-22/h2,5-8,11,13,15-19H,1,3-4H2. The van der Waals surface area contributed by atoms with Crippen LogP contribution in [-0.2, 0) is 6.42 Å². The third-order valence-electron chi connectivity index (χ3n) is 5.19. The van der Waals surface area contributed by atoms with E-state index >= 15 is 0 Å². The van der Waals surface area contributed by atoms with Crippen LogP contribution in [-0.4, -0.2) is 0 Å². The third kappa shape index (κ3) is 5.37. The van der Waals surface area contributed by atoms with Crippen molar-refractivity contribution >= 4 is 10.8 Å². The molecule has 0 heterocycles. The predicted molar refractivity (Wildman–Crippen MR) is 127 cm³/mol. The Kier molecular flexibility index (Phi) is 6.81. The summed E-state index contributed by atoms with van der Waals surface area (Å²) in [6.45, 7) is 3.61. The SMILES string of the molecule is C=CCCc1cc(F)c(C#Cc2ccc(C#Cc3ccc4cc(F)c(F)cc4c3)cc2)c(F)c1. The maximum absolute atomic E-state index is 14.3. The van der Waals surface area contributed by atoms with Gasteiger partial charge < -0.3 is 0 Å². The Morgan fingerprint density at radius 3 is 1.74 bits per heavy atom. The molecule has 4 rings (SSSR count). The molecule has 0 radical (unpaired) electrons. The molecule has 0 spiro atoms. The number of benzene rings is 4. The molecule has 4 aromatic rings. The summed E-state index contributed by atoms with van der Waals surface area (Å²) in [7, 11) is 0. The molecule has 0 amide bonds. The Hall–Kier alpha value is -4.28. The molecule has 0 aliphatic heterocycles. The van der Waals surface area contributed by atoms with Gasteiger partial charge in [0.05, 0.1) is 5.56 Å². The van der Waals surface area contributed by atoms with Crippen molar-refractivity contribution in [2.24, 2.45) is 0 Å². The highest BCUT2D eigenvalue weighted by atomic mass is 19.2. The van der Waals surface area contributed by atoms with Gasteiger partial charge in [-0.1, -0.05) is 35.8 Å². The largest absolute Gasteiger partial charge is 0.206 e. The Bertz CT molecular complexity index is 1480. The van der Waals surface area contributed by atoms with Crippen molar-refractivity contribution in [3.8, 4) is 23.7 Å². The lowest BCUT2D eigenvalue weighted by atomic mass is 10.1. The maximum atomic E-state index is 14.3. The second-order valence-electron chi connectivity index (χ2n) is 7.67. The summed E-state index contributed by atoms with van der Waals surface area (Å²) in [6.07, 6.45) is 2.85. The Labute approximate surface area is 195 Å². The van der Waals surface area contributed by atoms with Crippen LogP contribution in [0, 0.1) is 47.0 Å². The van der Waals surface area contributed by atoms with E-state index in [0.717, 1.165) is 12.1 Å². The molecule has 0 aromatic heterocycles. The normalized spacial score (nSPS) is 10.2. The topological polar surface area (TPSA) is 0 Å². The van der Waals surface area contributed by atoms with Crippen molar-refractivity contribution in [2.45, 2.75) is 12.8 Å². The van der Waals surface area contributed by atoms with Gasteiger partial charge in [0.25, 0.3) is 0 Å². The summed E-state index contributed by atoms with van der Waals surface area (Å²) in [6, 6.07) is 16.9. The zero-order chi connectivity index (χ0) is 24.1. The molecule has 4 heteroatoms. The van der Waals surface area contributed by atoms with Gasteiger partial charge in [-0.25, -0.2) is 17.6 Å². The van der Waals surface area contributed by atoms with E-state index in [1.807, 2.05) is 0 Å². The van der Waals surface area contributed by atoms with Gasteiger partial charge >= 0.3 is 0 Å². The summed E-state index contributed by atoms with van der Waals surface area (Å²) >= 11 is 0. The van der Waals surface area contributed by atoms with Crippen LogP contribution in [0.4, 0.5) is 17.6 Å². The first-order valence-corrected chi connectivity index (χ1v) is 10.5. The van der Waals surface area contributed by atoms with Crippen LogP contribution >= 0.6 is 0 Å². The molecule has 4 aromatic carbocycles. The summed E-state index contributed by atoms with van der Waals surface area (Å²) in [4.78, 5) is 0. The number of hydrogen-bond acceptors (Lipinski definition) is 0. The lowest BCUT2D eigenvalue weighted by Crippen LogP contribution is -1.95. The molecule has 0 nitrogen and oxygen atoms in total. The fraction of sp³-hybridized carbons (Fsp3) is 0.0667. The molecular weight excluding hydrogens is 436 g/mol. The zero-order valence-corrected chi connectivity index (χ0v) is 18.1. The number of rotatable bonds is 3. The summed E-state index contributed by atoms with van der Waals surface area (Å²) in [5, 5.41) is 1.15. The van der Waals surface area contributed by atoms with Crippen LogP contribution in [0.5, 0.6) is 0 Å². The van der Waals surface area contributed by atoms with Crippen molar-refractivity contribution in [1.29, 1.82) is 0 Å². The number of fused-ring (bicyclic) bond motifs is 1. The first-order valence-electron chi connectivity index (χ1n) is 10.5. The van der Waals surface area contributed by atoms with Gasteiger partial charge in [0, 0.05) is 16.7 Å². The van der Waals surface area contributed by atoms with E-state index in [9.17, 15) is 17.6 Å². The van der Waals surface area contributed by atoms with Crippen molar-refractivity contribution in [1.82, 2.24) is 0 Å². The highest BCUT2D eigenvalue weighted by molar-refractivity contribution is 5.84. The van der Waals surface area contributed by atoms with Crippen LogP contribution in [0.15, 0.2) is 79.4 Å². The second kappa shape index (κ2) is 10.1. The molecule has 0 N–H and O–H groups in total.